The molecular formula is C14H20BrNO3S. The van der Waals surface area contributed by atoms with E-state index in [0.29, 0.717) is 28.6 Å². The second-order valence-electron chi connectivity index (χ2n) is 5.32. The summed E-state index contributed by atoms with van der Waals surface area (Å²) in [5, 5.41) is 0. The Labute approximate surface area is 129 Å². The highest BCUT2D eigenvalue weighted by Gasteiger charge is 2.26. The Bertz CT molecular complexity index is 574. The van der Waals surface area contributed by atoms with Crippen LogP contribution >= 0.6 is 15.9 Å². The molecule has 0 bridgehead atoms. The number of hydrogen-bond acceptors (Lipinski definition) is 3. The van der Waals surface area contributed by atoms with Crippen LogP contribution in [0.5, 0.6) is 5.75 Å². The molecule has 1 aromatic carbocycles. The largest absolute Gasteiger partial charge is 0.495 e. The average Bonchev–Trinajstić information content (AvgIpc) is 2.82. The van der Waals surface area contributed by atoms with E-state index in [1.165, 1.54) is 20.0 Å². The van der Waals surface area contributed by atoms with Gasteiger partial charge in [0.2, 0.25) is 10.0 Å². The van der Waals surface area contributed by atoms with Crippen LogP contribution < -0.4 is 9.46 Å². The molecule has 0 spiro atoms. The van der Waals surface area contributed by atoms with Gasteiger partial charge in [-0.3, -0.25) is 0 Å². The van der Waals surface area contributed by atoms with Gasteiger partial charge in [-0.05, 0) is 36.5 Å². The Morgan fingerprint density at radius 3 is 2.75 bits per heavy atom. The van der Waals surface area contributed by atoms with Crippen LogP contribution in [0.4, 0.5) is 0 Å². The molecule has 1 saturated carbocycles. The summed E-state index contributed by atoms with van der Waals surface area (Å²) < 4.78 is 33.4. The quantitative estimate of drug-likeness (QED) is 0.875. The van der Waals surface area contributed by atoms with Crippen molar-refractivity contribution in [2.75, 3.05) is 13.7 Å². The first kappa shape index (κ1) is 15.8. The van der Waals surface area contributed by atoms with Crippen molar-refractivity contribution in [3.05, 3.63) is 22.7 Å². The van der Waals surface area contributed by atoms with Crippen molar-refractivity contribution in [1.82, 2.24) is 4.72 Å². The fourth-order valence-electron chi connectivity index (χ4n) is 2.68. The van der Waals surface area contributed by atoms with E-state index in [1.807, 2.05) is 0 Å². The van der Waals surface area contributed by atoms with Crippen LogP contribution in [0, 0.1) is 11.8 Å². The van der Waals surface area contributed by atoms with Gasteiger partial charge in [0.25, 0.3) is 0 Å². The first-order chi connectivity index (χ1) is 9.44. The van der Waals surface area contributed by atoms with E-state index in [1.54, 1.807) is 18.2 Å². The van der Waals surface area contributed by atoms with Crippen molar-refractivity contribution in [1.29, 1.82) is 0 Å². The second kappa shape index (κ2) is 6.45. The van der Waals surface area contributed by atoms with E-state index in [9.17, 15) is 8.42 Å². The molecule has 1 aliphatic carbocycles. The lowest BCUT2D eigenvalue weighted by atomic mass is 9.99. The lowest BCUT2D eigenvalue weighted by molar-refractivity contribution is 0.399. The van der Waals surface area contributed by atoms with Gasteiger partial charge in [0.05, 0.1) is 7.11 Å². The number of sulfonamides is 1. The molecule has 0 aromatic heterocycles. The first-order valence-corrected chi connectivity index (χ1v) is 9.05. The molecule has 20 heavy (non-hydrogen) atoms. The molecule has 2 unspecified atom stereocenters. The summed E-state index contributed by atoms with van der Waals surface area (Å²) in [6.45, 7) is 2.69. The summed E-state index contributed by atoms with van der Waals surface area (Å²) >= 11 is 3.30. The van der Waals surface area contributed by atoms with Gasteiger partial charge in [-0.15, -0.1) is 0 Å². The van der Waals surface area contributed by atoms with Crippen molar-refractivity contribution in [3.8, 4) is 5.75 Å². The Morgan fingerprint density at radius 1 is 1.40 bits per heavy atom. The van der Waals surface area contributed by atoms with Gasteiger partial charge in [0.1, 0.15) is 10.6 Å². The van der Waals surface area contributed by atoms with E-state index in [2.05, 4.69) is 27.6 Å². The average molecular weight is 362 g/mol. The third-order valence-electron chi connectivity index (χ3n) is 3.99. The molecule has 0 saturated heterocycles. The predicted molar refractivity (Wildman–Crippen MR) is 82.4 cm³/mol. The maximum absolute atomic E-state index is 12.4. The van der Waals surface area contributed by atoms with Gasteiger partial charge in [0, 0.05) is 11.0 Å². The third-order valence-corrected chi connectivity index (χ3v) is 5.93. The normalized spacial score (nSPS) is 22.9. The van der Waals surface area contributed by atoms with E-state index < -0.39 is 10.0 Å². The maximum atomic E-state index is 12.4. The molecule has 1 fully saturated rings. The number of rotatable bonds is 5. The number of nitrogens with one attached hydrogen (secondary N) is 1. The van der Waals surface area contributed by atoms with Crippen molar-refractivity contribution < 1.29 is 13.2 Å². The number of halogens is 1. The Hall–Kier alpha value is -0.590. The number of ether oxygens (including phenoxy) is 1. The van der Waals surface area contributed by atoms with Gasteiger partial charge >= 0.3 is 0 Å². The van der Waals surface area contributed by atoms with Gasteiger partial charge in [-0.2, -0.15) is 0 Å². The molecule has 2 atom stereocenters. The highest BCUT2D eigenvalue weighted by molar-refractivity contribution is 9.10. The van der Waals surface area contributed by atoms with Crippen molar-refractivity contribution in [3.63, 3.8) is 0 Å². The van der Waals surface area contributed by atoms with E-state index in [-0.39, 0.29) is 4.90 Å². The standard InChI is InChI=1S/C14H20BrNO3S/c1-10-4-3-5-11(10)9-16-20(17,18)14-8-12(15)6-7-13(14)19-2/h6-8,10-11,16H,3-5,9H2,1-2H3. The monoisotopic (exact) mass is 361 g/mol. The second-order valence-corrected chi connectivity index (χ2v) is 7.97. The third kappa shape index (κ3) is 3.54. The lowest BCUT2D eigenvalue weighted by Gasteiger charge is -2.17. The van der Waals surface area contributed by atoms with Crippen LogP contribution in [0.25, 0.3) is 0 Å². The molecule has 1 aromatic rings. The van der Waals surface area contributed by atoms with Gasteiger partial charge in [-0.1, -0.05) is 35.7 Å². The fraction of sp³-hybridized carbons (Fsp3) is 0.571. The van der Waals surface area contributed by atoms with Gasteiger partial charge in [-0.25, -0.2) is 13.1 Å². The molecule has 0 heterocycles. The van der Waals surface area contributed by atoms with Crippen LogP contribution in [0.1, 0.15) is 26.2 Å². The maximum Gasteiger partial charge on any atom is 0.244 e. The number of hydrogen-bond donors (Lipinski definition) is 1. The highest BCUT2D eigenvalue weighted by atomic mass is 79.9. The minimum Gasteiger partial charge on any atom is -0.495 e. The summed E-state index contributed by atoms with van der Waals surface area (Å²) in [5.74, 6) is 1.38. The predicted octanol–water partition coefficient (Wildman–Crippen LogP) is 3.17. The summed E-state index contributed by atoms with van der Waals surface area (Å²) in [4.78, 5) is 0.181. The molecule has 1 aliphatic rings. The minimum atomic E-state index is -3.54. The molecule has 0 radical (unpaired) electrons. The highest BCUT2D eigenvalue weighted by Crippen LogP contribution is 2.31. The molecule has 2 rings (SSSR count). The first-order valence-electron chi connectivity index (χ1n) is 6.77. The fourth-order valence-corrected chi connectivity index (χ4v) is 4.48. The zero-order valence-electron chi connectivity index (χ0n) is 11.7. The van der Waals surface area contributed by atoms with Gasteiger partial charge in [0.15, 0.2) is 0 Å². The van der Waals surface area contributed by atoms with E-state index in [0.717, 1.165) is 6.42 Å². The molecule has 6 heteroatoms. The summed E-state index contributed by atoms with van der Waals surface area (Å²) in [6.07, 6.45) is 3.47. The Balaban J connectivity index is 2.15. The molecule has 1 N–H and O–H groups in total. The molecule has 112 valence electrons. The molecule has 0 aliphatic heterocycles. The van der Waals surface area contributed by atoms with Gasteiger partial charge < -0.3 is 4.74 Å². The molecule has 4 nitrogen and oxygen atoms in total. The van der Waals surface area contributed by atoms with Crippen molar-refractivity contribution in [2.45, 2.75) is 31.1 Å². The van der Waals surface area contributed by atoms with Crippen LogP contribution in [-0.4, -0.2) is 22.1 Å². The topological polar surface area (TPSA) is 55.4 Å². The lowest BCUT2D eigenvalue weighted by Crippen LogP contribution is -2.30. The van der Waals surface area contributed by atoms with Crippen LogP contribution in [-0.2, 0) is 10.0 Å². The Kier molecular flexibility index (Phi) is 5.09. The van der Waals surface area contributed by atoms with E-state index >= 15 is 0 Å². The molecule has 0 amide bonds. The van der Waals surface area contributed by atoms with Crippen molar-refractivity contribution >= 4 is 26.0 Å². The zero-order valence-corrected chi connectivity index (χ0v) is 14.1. The van der Waals surface area contributed by atoms with Crippen molar-refractivity contribution in [2.24, 2.45) is 11.8 Å². The van der Waals surface area contributed by atoms with Crippen LogP contribution in [0.15, 0.2) is 27.6 Å². The number of benzene rings is 1. The SMILES string of the molecule is COc1ccc(Br)cc1S(=O)(=O)NCC1CCCC1C. The zero-order chi connectivity index (χ0) is 14.8. The van der Waals surface area contributed by atoms with E-state index in [4.69, 9.17) is 4.74 Å². The summed E-state index contributed by atoms with van der Waals surface area (Å²) in [7, 11) is -2.07. The summed E-state index contributed by atoms with van der Waals surface area (Å²) in [6, 6.07) is 4.98. The smallest absolute Gasteiger partial charge is 0.244 e. The number of methoxy groups -OCH3 is 1. The Morgan fingerprint density at radius 2 is 2.15 bits per heavy atom. The molecular weight excluding hydrogens is 342 g/mol. The van der Waals surface area contributed by atoms with Crippen LogP contribution in [0.3, 0.4) is 0 Å². The summed E-state index contributed by atoms with van der Waals surface area (Å²) in [5.41, 5.74) is 0. The minimum absolute atomic E-state index is 0.181. The van der Waals surface area contributed by atoms with Crippen LogP contribution in [0.2, 0.25) is 0 Å².